The molecule has 0 bridgehead atoms. The molecule has 0 atom stereocenters. The molecule has 0 fully saturated rings. The Hall–Kier alpha value is -0.283. The largest absolute Gasteiger partial charge is 0.534 e. The van der Waals surface area contributed by atoms with Gasteiger partial charge < -0.3 is 27.5 Å². The highest BCUT2D eigenvalue weighted by Gasteiger charge is 2.38. The molecule has 0 aromatic rings. The van der Waals surface area contributed by atoms with Gasteiger partial charge in [-0.1, -0.05) is 6.58 Å². The van der Waals surface area contributed by atoms with E-state index in [1.807, 2.05) is 20.8 Å². The molecule has 0 unspecified atom stereocenters. The monoisotopic (exact) mass is 280 g/mol. The first kappa shape index (κ1) is 17.7. The average molecular weight is 280 g/mol. The average Bonchev–Trinajstić information content (AvgIpc) is 2.39. The Morgan fingerprint density at radius 3 is 1.33 bits per heavy atom. The summed E-state index contributed by atoms with van der Waals surface area (Å²) in [5.74, 6) is 0. The van der Waals surface area contributed by atoms with Gasteiger partial charge in [-0.05, 0) is 26.5 Å². The van der Waals surface area contributed by atoms with Crippen LogP contribution in [0.2, 0.25) is 0 Å². The maximum absolute atomic E-state index is 5.51. The fourth-order valence-electron chi connectivity index (χ4n) is 0.923. The molecule has 0 heterocycles. The lowest BCUT2D eigenvalue weighted by molar-refractivity contribution is -0.0942. The minimum Gasteiger partial charge on any atom is -0.357 e. The van der Waals surface area contributed by atoms with Gasteiger partial charge in [0.25, 0.3) is 0 Å². The molecule has 0 aromatic carbocycles. The van der Waals surface area contributed by atoms with Gasteiger partial charge in [0.05, 0.1) is 0 Å². The van der Waals surface area contributed by atoms with Crippen LogP contribution in [0, 0.1) is 0 Å². The Morgan fingerprint density at radius 1 is 0.778 bits per heavy atom. The zero-order valence-electron chi connectivity index (χ0n) is 11.5. The van der Waals surface area contributed by atoms with Gasteiger partial charge in [0.15, 0.2) is 0 Å². The van der Waals surface area contributed by atoms with Crippen molar-refractivity contribution in [2.24, 2.45) is 0 Å². The summed E-state index contributed by atoms with van der Waals surface area (Å²) < 4.78 is 31.9. The van der Waals surface area contributed by atoms with Crippen LogP contribution in [0.5, 0.6) is 0 Å². The second kappa shape index (κ2) is 11.8. The van der Waals surface area contributed by atoms with Crippen LogP contribution in [0.25, 0.3) is 0 Å². The summed E-state index contributed by atoms with van der Waals surface area (Å²) in [6.07, 6.45) is 0. The van der Waals surface area contributed by atoms with E-state index in [0.29, 0.717) is 19.8 Å². The van der Waals surface area contributed by atoms with E-state index in [-0.39, 0.29) is 20.4 Å². The van der Waals surface area contributed by atoms with Crippen LogP contribution in [-0.4, -0.2) is 49.0 Å². The molecule has 0 spiro atoms. The van der Waals surface area contributed by atoms with Crippen molar-refractivity contribution >= 4 is 8.80 Å². The SMILES string of the molecule is C=C[Si](OCOCC)(OCOCC)OCOCC. The van der Waals surface area contributed by atoms with Crippen molar-refractivity contribution in [3.8, 4) is 0 Å². The van der Waals surface area contributed by atoms with Crippen LogP contribution in [-0.2, 0) is 27.5 Å². The van der Waals surface area contributed by atoms with Crippen molar-refractivity contribution in [1.29, 1.82) is 0 Å². The normalized spacial score (nSPS) is 11.7. The van der Waals surface area contributed by atoms with Gasteiger partial charge >= 0.3 is 8.80 Å². The summed E-state index contributed by atoms with van der Waals surface area (Å²) in [7, 11) is -2.99. The molecular formula is C11H24O6Si. The molecular weight excluding hydrogens is 256 g/mol. The molecule has 7 heteroatoms. The van der Waals surface area contributed by atoms with Gasteiger partial charge in [-0.15, -0.1) is 0 Å². The van der Waals surface area contributed by atoms with E-state index in [4.69, 9.17) is 27.5 Å². The minimum absolute atomic E-state index is 0.0903. The van der Waals surface area contributed by atoms with Crippen LogP contribution in [0.15, 0.2) is 12.3 Å². The molecule has 0 aliphatic carbocycles. The molecule has 0 rings (SSSR count). The third-order valence-corrected chi connectivity index (χ3v) is 3.95. The number of hydrogen-bond donors (Lipinski definition) is 0. The van der Waals surface area contributed by atoms with Gasteiger partial charge in [0.2, 0.25) is 0 Å². The fourth-order valence-corrected chi connectivity index (χ4v) is 2.27. The number of hydrogen-bond acceptors (Lipinski definition) is 6. The zero-order valence-corrected chi connectivity index (χ0v) is 12.5. The Morgan fingerprint density at radius 2 is 1.11 bits per heavy atom. The molecule has 6 nitrogen and oxygen atoms in total. The molecule has 18 heavy (non-hydrogen) atoms. The first-order valence-electron chi connectivity index (χ1n) is 6.03. The Balaban J connectivity index is 4.25. The van der Waals surface area contributed by atoms with Crippen LogP contribution >= 0.6 is 0 Å². The fraction of sp³-hybridized carbons (Fsp3) is 0.818. The standard InChI is InChI=1S/C11H24O6Si/c1-5-12-9-15-18(8-4,16-10-13-6-2)17-11-14-7-3/h8H,4-7,9-11H2,1-3H3. The highest BCUT2D eigenvalue weighted by Crippen LogP contribution is 2.11. The van der Waals surface area contributed by atoms with Crippen LogP contribution in [0.4, 0.5) is 0 Å². The lowest BCUT2D eigenvalue weighted by atomic mass is 10.9. The van der Waals surface area contributed by atoms with E-state index in [9.17, 15) is 0 Å². The van der Waals surface area contributed by atoms with Gasteiger partial charge in [-0.2, -0.15) is 0 Å². The Kier molecular flexibility index (Phi) is 11.6. The molecule has 108 valence electrons. The topological polar surface area (TPSA) is 55.4 Å². The van der Waals surface area contributed by atoms with Crippen molar-refractivity contribution in [1.82, 2.24) is 0 Å². The summed E-state index contributed by atoms with van der Waals surface area (Å²) in [5.41, 5.74) is 1.53. The highest BCUT2D eigenvalue weighted by atomic mass is 28.4. The van der Waals surface area contributed by atoms with Gasteiger partial charge in [0, 0.05) is 19.8 Å². The van der Waals surface area contributed by atoms with E-state index < -0.39 is 8.80 Å². The van der Waals surface area contributed by atoms with Crippen molar-refractivity contribution < 1.29 is 27.5 Å². The molecule has 0 saturated carbocycles. The summed E-state index contributed by atoms with van der Waals surface area (Å²) in [4.78, 5) is 0. The zero-order chi connectivity index (χ0) is 13.7. The quantitative estimate of drug-likeness (QED) is 0.291. The third-order valence-electron chi connectivity index (χ3n) is 1.89. The number of rotatable bonds is 13. The summed E-state index contributed by atoms with van der Waals surface area (Å²) in [6.45, 7) is 11.3. The van der Waals surface area contributed by atoms with E-state index >= 15 is 0 Å². The first-order valence-corrected chi connectivity index (χ1v) is 7.83. The summed E-state index contributed by atoms with van der Waals surface area (Å²) >= 11 is 0. The van der Waals surface area contributed by atoms with Gasteiger partial charge in [-0.3, -0.25) is 0 Å². The number of ether oxygens (including phenoxy) is 3. The third kappa shape index (κ3) is 7.93. The summed E-state index contributed by atoms with van der Waals surface area (Å²) in [5, 5.41) is 0. The summed E-state index contributed by atoms with van der Waals surface area (Å²) in [6, 6.07) is 0. The molecule has 0 saturated heterocycles. The second-order valence-corrected chi connectivity index (χ2v) is 5.55. The Labute approximate surface area is 110 Å². The minimum atomic E-state index is -2.99. The lowest BCUT2D eigenvalue weighted by Gasteiger charge is -2.26. The molecule has 0 radical (unpaired) electrons. The van der Waals surface area contributed by atoms with E-state index in [1.165, 1.54) is 5.70 Å². The van der Waals surface area contributed by atoms with Gasteiger partial charge in [0.1, 0.15) is 20.4 Å². The Bertz CT molecular complexity index is 175. The van der Waals surface area contributed by atoms with Crippen molar-refractivity contribution in [3.63, 3.8) is 0 Å². The predicted molar refractivity (Wildman–Crippen MR) is 68.7 cm³/mol. The van der Waals surface area contributed by atoms with Gasteiger partial charge in [-0.25, -0.2) is 0 Å². The van der Waals surface area contributed by atoms with Crippen molar-refractivity contribution in [3.05, 3.63) is 12.3 Å². The van der Waals surface area contributed by atoms with E-state index in [2.05, 4.69) is 6.58 Å². The maximum Gasteiger partial charge on any atom is 0.534 e. The van der Waals surface area contributed by atoms with Crippen molar-refractivity contribution in [2.45, 2.75) is 20.8 Å². The molecule has 0 aliphatic rings. The van der Waals surface area contributed by atoms with E-state index in [0.717, 1.165) is 0 Å². The van der Waals surface area contributed by atoms with E-state index in [1.54, 1.807) is 0 Å². The van der Waals surface area contributed by atoms with Crippen LogP contribution < -0.4 is 0 Å². The lowest BCUT2D eigenvalue weighted by Crippen LogP contribution is -2.46. The second-order valence-electron chi connectivity index (χ2n) is 3.07. The smallest absolute Gasteiger partial charge is 0.357 e. The van der Waals surface area contributed by atoms with Crippen LogP contribution in [0.1, 0.15) is 20.8 Å². The highest BCUT2D eigenvalue weighted by molar-refractivity contribution is 6.66. The molecule has 0 amide bonds. The maximum atomic E-state index is 5.51. The predicted octanol–water partition coefficient (Wildman–Crippen LogP) is 1.68. The molecule has 0 aliphatic heterocycles. The van der Waals surface area contributed by atoms with Crippen molar-refractivity contribution in [2.75, 3.05) is 40.2 Å². The molecule has 0 aromatic heterocycles. The molecule has 0 N–H and O–H groups in total. The first-order chi connectivity index (χ1) is 8.74. The van der Waals surface area contributed by atoms with Crippen LogP contribution in [0.3, 0.4) is 0 Å².